The van der Waals surface area contributed by atoms with Gasteiger partial charge < -0.3 is 20.5 Å². The van der Waals surface area contributed by atoms with Gasteiger partial charge in [-0.25, -0.2) is 28.2 Å². The zero-order valence-electron chi connectivity index (χ0n) is 21.3. The highest BCUT2D eigenvalue weighted by Gasteiger charge is 2.38. The van der Waals surface area contributed by atoms with Crippen LogP contribution in [0.25, 0.3) is 10.8 Å². The normalized spacial score (nSPS) is 22.9. The second-order valence-corrected chi connectivity index (χ2v) is 12.6. The molecule has 0 amide bonds. The van der Waals surface area contributed by atoms with Crippen LogP contribution in [0.2, 0.25) is 0 Å². The Morgan fingerprint density at radius 1 is 1.19 bits per heavy atom. The molecule has 2 aliphatic rings. The molecule has 3 N–H and O–H groups in total. The molecule has 10 nitrogen and oxygen atoms in total. The summed E-state index contributed by atoms with van der Waals surface area (Å²) in [6, 6.07) is 5.32. The van der Waals surface area contributed by atoms with E-state index in [1.807, 2.05) is 26.8 Å². The van der Waals surface area contributed by atoms with Crippen LogP contribution in [0, 0.1) is 0 Å². The van der Waals surface area contributed by atoms with Crippen molar-refractivity contribution in [1.82, 2.24) is 15.0 Å². The van der Waals surface area contributed by atoms with Crippen LogP contribution >= 0.6 is 0 Å². The number of pyridine rings is 3. The van der Waals surface area contributed by atoms with Crippen molar-refractivity contribution >= 4 is 38.2 Å². The first-order valence-corrected chi connectivity index (χ1v) is 14.3. The number of esters is 1. The van der Waals surface area contributed by atoms with Gasteiger partial charge in [0, 0.05) is 42.9 Å². The van der Waals surface area contributed by atoms with Crippen molar-refractivity contribution < 1.29 is 22.7 Å². The number of carbonyl (C=O) groups is 1. The number of anilines is 2. The van der Waals surface area contributed by atoms with Crippen LogP contribution in [0.3, 0.4) is 0 Å². The number of hydrogen-bond donors (Lipinski definition) is 2. The molecule has 0 saturated heterocycles. The first-order chi connectivity index (χ1) is 17.5. The fraction of sp³-hybridized carbons (Fsp3) is 0.462. The molecular weight excluding hydrogens is 494 g/mol. The molecule has 2 atom stereocenters. The van der Waals surface area contributed by atoms with Crippen molar-refractivity contribution in [2.24, 2.45) is 5.73 Å². The van der Waals surface area contributed by atoms with Crippen LogP contribution in [0.15, 0.2) is 30.6 Å². The number of fused-ring (bicyclic) bond motifs is 2. The zero-order chi connectivity index (χ0) is 26.5. The molecule has 1 saturated carbocycles. The largest absolute Gasteiger partial charge is 0.474 e. The number of aromatic nitrogens is 3. The average Bonchev–Trinajstić information content (AvgIpc) is 2.82. The molecule has 0 unspecified atom stereocenters. The van der Waals surface area contributed by atoms with Gasteiger partial charge in [-0.05, 0) is 42.5 Å². The van der Waals surface area contributed by atoms with E-state index in [-0.39, 0.29) is 23.2 Å². The van der Waals surface area contributed by atoms with E-state index in [9.17, 15) is 13.2 Å². The number of rotatable bonds is 7. The maximum absolute atomic E-state index is 12.1. The van der Waals surface area contributed by atoms with E-state index in [1.54, 1.807) is 24.5 Å². The minimum absolute atomic E-state index is 0.00676. The summed E-state index contributed by atoms with van der Waals surface area (Å²) in [5, 5.41) is 4.40. The van der Waals surface area contributed by atoms with E-state index in [0.29, 0.717) is 60.0 Å². The Kier molecular flexibility index (Phi) is 6.31. The maximum atomic E-state index is 12.1. The summed E-state index contributed by atoms with van der Waals surface area (Å²) in [6.07, 6.45) is 6.01. The number of ether oxygens (including phenoxy) is 2. The van der Waals surface area contributed by atoms with Crippen molar-refractivity contribution in [3.8, 4) is 5.88 Å². The van der Waals surface area contributed by atoms with Crippen molar-refractivity contribution in [3.63, 3.8) is 0 Å². The molecule has 4 heterocycles. The fourth-order valence-electron chi connectivity index (χ4n) is 4.62. The molecule has 5 rings (SSSR count). The third-order valence-corrected chi connectivity index (χ3v) is 8.95. The molecule has 0 radical (unpaired) electrons. The van der Waals surface area contributed by atoms with Gasteiger partial charge in [0.2, 0.25) is 5.88 Å². The molecule has 0 spiro atoms. The molecule has 1 fully saturated rings. The number of hydrogen-bond acceptors (Lipinski definition) is 10. The lowest BCUT2D eigenvalue weighted by molar-refractivity contribution is 0.0445. The standard InChI is InChI=1S/C26H31N5O5S/c1-5-26(3,27)20-12-29-24(36-15-8-16(9-15)37(4,33)34)19-11-28-22(10-18(19)20)30-21-7-6-17-23(31-21)14(2)13-35-25(17)32/h6-7,10-12,14-16H,5,8-9,13,27H2,1-4H3,(H,28,30,31)/t14-,15-,16+,26+/m0/s1. The van der Waals surface area contributed by atoms with Crippen LogP contribution in [0.5, 0.6) is 5.88 Å². The molecule has 1 aliphatic carbocycles. The zero-order valence-corrected chi connectivity index (χ0v) is 22.1. The molecule has 0 aromatic carbocycles. The molecule has 37 heavy (non-hydrogen) atoms. The highest BCUT2D eigenvalue weighted by atomic mass is 32.2. The van der Waals surface area contributed by atoms with Gasteiger partial charge in [0.1, 0.15) is 17.7 Å². The summed E-state index contributed by atoms with van der Waals surface area (Å²) in [5.74, 6) is 1.15. The summed E-state index contributed by atoms with van der Waals surface area (Å²) in [5.41, 5.74) is 7.99. The van der Waals surface area contributed by atoms with E-state index < -0.39 is 15.4 Å². The van der Waals surface area contributed by atoms with Crippen LogP contribution in [-0.4, -0.2) is 53.6 Å². The topological polar surface area (TPSA) is 146 Å². The first kappa shape index (κ1) is 25.3. The van der Waals surface area contributed by atoms with Crippen LogP contribution in [-0.2, 0) is 20.1 Å². The second kappa shape index (κ2) is 9.21. The molecule has 3 aromatic rings. The third kappa shape index (κ3) is 4.85. The lowest BCUT2D eigenvalue weighted by atomic mass is 9.88. The predicted molar refractivity (Wildman–Crippen MR) is 140 cm³/mol. The van der Waals surface area contributed by atoms with Gasteiger partial charge in [0.25, 0.3) is 0 Å². The van der Waals surface area contributed by atoms with Crippen molar-refractivity contribution in [2.45, 2.75) is 62.8 Å². The van der Waals surface area contributed by atoms with Gasteiger partial charge in [-0.2, -0.15) is 0 Å². The predicted octanol–water partition coefficient (Wildman–Crippen LogP) is 3.58. The molecule has 196 valence electrons. The number of nitrogens with zero attached hydrogens (tertiary/aromatic N) is 3. The number of carbonyl (C=O) groups excluding carboxylic acids is 1. The minimum Gasteiger partial charge on any atom is -0.474 e. The Labute approximate surface area is 215 Å². The van der Waals surface area contributed by atoms with Crippen LogP contribution in [0.4, 0.5) is 11.6 Å². The Bertz CT molecular complexity index is 1480. The smallest absolute Gasteiger partial charge is 0.340 e. The quantitative estimate of drug-likeness (QED) is 0.439. The first-order valence-electron chi connectivity index (χ1n) is 12.3. The Morgan fingerprint density at radius 3 is 2.65 bits per heavy atom. The second-order valence-electron chi connectivity index (χ2n) is 10.3. The molecular formula is C26H31N5O5S. The fourth-order valence-corrected chi connectivity index (χ4v) is 5.75. The van der Waals surface area contributed by atoms with Gasteiger partial charge >= 0.3 is 5.97 Å². The van der Waals surface area contributed by atoms with Gasteiger partial charge in [-0.1, -0.05) is 13.8 Å². The average molecular weight is 526 g/mol. The number of nitrogens with one attached hydrogen (secondary N) is 1. The van der Waals surface area contributed by atoms with E-state index in [2.05, 4.69) is 20.3 Å². The van der Waals surface area contributed by atoms with Gasteiger partial charge in [0.15, 0.2) is 9.84 Å². The Balaban J connectivity index is 1.48. The molecule has 1 aliphatic heterocycles. The minimum atomic E-state index is -3.08. The van der Waals surface area contributed by atoms with Gasteiger partial charge in [-0.15, -0.1) is 0 Å². The van der Waals surface area contributed by atoms with Crippen LogP contribution in [0.1, 0.15) is 67.6 Å². The number of cyclic esters (lactones) is 1. The van der Waals surface area contributed by atoms with Crippen molar-refractivity contribution in [1.29, 1.82) is 0 Å². The summed E-state index contributed by atoms with van der Waals surface area (Å²) in [4.78, 5) is 25.8. The van der Waals surface area contributed by atoms with Crippen molar-refractivity contribution in [2.75, 3.05) is 18.2 Å². The van der Waals surface area contributed by atoms with Crippen LogP contribution < -0.4 is 15.8 Å². The summed E-state index contributed by atoms with van der Waals surface area (Å²) < 4.78 is 34.8. The molecule has 0 bridgehead atoms. The Hall–Kier alpha value is -3.31. The SMILES string of the molecule is CC[C@@](C)(N)c1cnc(O[C@H]2C[C@@H](S(C)(=O)=O)C2)c2cnc(Nc3ccc4c(n3)[C@@H](C)COC4=O)cc12. The highest BCUT2D eigenvalue weighted by Crippen LogP contribution is 2.37. The molecule has 3 aromatic heterocycles. The van der Waals surface area contributed by atoms with Crippen molar-refractivity contribution in [3.05, 3.63) is 47.4 Å². The Morgan fingerprint density at radius 2 is 1.95 bits per heavy atom. The number of nitrogens with two attached hydrogens (primary N) is 1. The van der Waals surface area contributed by atoms with E-state index in [1.165, 1.54) is 6.26 Å². The van der Waals surface area contributed by atoms with Gasteiger partial charge in [-0.3, -0.25) is 0 Å². The summed E-state index contributed by atoms with van der Waals surface area (Å²) >= 11 is 0. The van der Waals surface area contributed by atoms with E-state index >= 15 is 0 Å². The summed E-state index contributed by atoms with van der Waals surface area (Å²) in [6.45, 7) is 6.23. The van der Waals surface area contributed by atoms with E-state index in [4.69, 9.17) is 15.2 Å². The summed E-state index contributed by atoms with van der Waals surface area (Å²) in [7, 11) is -3.08. The van der Waals surface area contributed by atoms with E-state index in [0.717, 1.165) is 10.9 Å². The lowest BCUT2D eigenvalue weighted by Gasteiger charge is -2.34. The highest BCUT2D eigenvalue weighted by molar-refractivity contribution is 7.91. The maximum Gasteiger partial charge on any atom is 0.340 e. The third-order valence-electron chi connectivity index (χ3n) is 7.35. The monoisotopic (exact) mass is 525 g/mol. The number of sulfone groups is 1. The molecule has 11 heteroatoms. The lowest BCUT2D eigenvalue weighted by Crippen LogP contribution is -2.42. The van der Waals surface area contributed by atoms with Gasteiger partial charge in [0.05, 0.1) is 28.5 Å².